The number of ether oxygens (including phenoxy) is 10. The molecule has 0 aromatic heterocycles. The minimum atomic E-state index is -0.597. The second-order valence-electron chi connectivity index (χ2n) is 12.5. The summed E-state index contributed by atoms with van der Waals surface area (Å²) in [6, 6.07) is 7.39. The van der Waals surface area contributed by atoms with Crippen molar-refractivity contribution in [1.29, 1.82) is 0 Å². The summed E-state index contributed by atoms with van der Waals surface area (Å²) in [5, 5.41) is 10.7. The Morgan fingerprint density at radius 2 is 1.63 bits per heavy atom. The highest BCUT2D eigenvalue weighted by Crippen LogP contribution is 2.57. The number of benzene rings is 2. The van der Waals surface area contributed by atoms with Gasteiger partial charge in [-0.3, -0.25) is 9.69 Å². The SMILES string of the molecule is COc1cc([C@@H]2c3cc4c(cc3[C@@H](OC3CC(N5CCOCC5)C5OC(C)OCC5O3)[C@H]3COC(=O)[C@H]23)OCO4)cc(OC)c1O. The average Bonchev–Trinajstić information content (AvgIpc) is 3.70. The number of nitrogens with zero attached hydrogens (tertiary/aromatic N) is 1. The number of esters is 1. The van der Waals surface area contributed by atoms with Crippen molar-refractivity contribution >= 4 is 5.97 Å². The Morgan fingerprint density at radius 3 is 2.35 bits per heavy atom. The van der Waals surface area contributed by atoms with Gasteiger partial charge in [-0.1, -0.05) is 0 Å². The maximum absolute atomic E-state index is 13.6. The van der Waals surface area contributed by atoms with Crippen LogP contribution in [0, 0.1) is 11.8 Å². The molecule has 13 nitrogen and oxygen atoms in total. The minimum Gasteiger partial charge on any atom is -0.502 e. The van der Waals surface area contributed by atoms with Gasteiger partial charge in [-0.2, -0.15) is 0 Å². The maximum Gasteiger partial charge on any atom is 0.310 e. The lowest BCUT2D eigenvalue weighted by Crippen LogP contribution is -2.63. The molecule has 6 aliphatic rings. The first-order valence-electron chi connectivity index (χ1n) is 15.9. The number of hydrogen-bond donors (Lipinski definition) is 1. The van der Waals surface area contributed by atoms with Crippen LogP contribution in [-0.4, -0.2) is 107 Å². The van der Waals surface area contributed by atoms with Crippen molar-refractivity contribution in [3.8, 4) is 28.7 Å². The van der Waals surface area contributed by atoms with Gasteiger partial charge in [-0.05, 0) is 47.9 Å². The highest BCUT2D eigenvalue weighted by molar-refractivity contribution is 5.79. The average molecular weight is 642 g/mol. The van der Waals surface area contributed by atoms with Gasteiger partial charge in [0.1, 0.15) is 12.2 Å². The second kappa shape index (κ2) is 12.0. The van der Waals surface area contributed by atoms with Crippen LogP contribution in [0.4, 0.5) is 0 Å². The zero-order valence-corrected chi connectivity index (χ0v) is 26.0. The molecule has 248 valence electrons. The normalized spacial score (nSPS) is 35.1. The Morgan fingerprint density at radius 1 is 0.913 bits per heavy atom. The summed E-state index contributed by atoms with van der Waals surface area (Å²) in [5.41, 5.74) is 2.42. The Balaban J connectivity index is 1.19. The molecular formula is C33H39NO12. The van der Waals surface area contributed by atoms with E-state index in [2.05, 4.69) is 4.90 Å². The molecule has 5 aliphatic heterocycles. The van der Waals surface area contributed by atoms with E-state index in [0.29, 0.717) is 37.7 Å². The zero-order chi connectivity index (χ0) is 31.5. The zero-order valence-electron chi connectivity index (χ0n) is 26.0. The van der Waals surface area contributed by atoms with Gasteiger partial charge in [0.05, 0.1) is 52.7 Å². The highest BCUT2D eigenvalue weighted by atomic mass is 16.7. The molecule has 13 heteroatoms. The van der Waals surface area contributed by atoms with Gasteiger partial charge in [0.15, 0.2) is 35.6 Å². The van der Waals surface area contributed by atoms with Gasteiger partial charge in [0, 0.05) is 37.4 Å². The fourth-order valence-electron chi connectivity index (χ4n) is 8.01. The number of phenols is 1. The van der Waals surface area contributed by atoms with Crippen molar-refractivity contribution < 1.29 is 57.3 Å². The third-order valence-corrected chi connectivity index (χ3v) is 10.1. The summed E-state index contributed by atoms with van der Waals surface area (Å²) in [4.78, 5) is 16.0. The van der Waals surface area contributed by atoms with Crippen molar-refractivity contribution in [2.75, 3.05) is 60.5 Å². The molecule has 1 aliphatic carbocycles. The van der Waals surface area contributed by atoms with E-state index in [9.17, 15) is 9.90 Å². The Bertz CT molecular complexity index is 1450. The van der Waals surface area contributed by atoms with Gasteiger partial charge >= 0.3 is 5.97 Å². The number of hydrogen-bond acceptors (Lipinski definition) is 13. The lowest BCUT2D eigenvalue weighted by molar-refractivity contribution is -0.333. The summed E-state index contributed by atoms with van der Waals surface area (Å²) in [6.07, 6.45) is -1.37. The van der Waals surface area contributed by atoms with Crippen LogP contribution in [0.25, 0.3) is 0 Å². The second-order valence-corrected chi connectivity index (χ2v) is 12.5. The predicted octanol–water partition coefficient (Wildman–Crippen LogP) is 2.71. The van der Waals surface area contributed by atoms with E-state index in [0.717, 1.165) is 29.8 Å². The molecule has 0 spiro atoms. The van der Waals surface area contributed by atoms with Gasteiger partial charge in [0.2, 0.25) is 12.5 Å². The summed E-state index contributed by atoms with van der Waals surface area (Å²) >= 11 is 0. The summed E-state index contributed by atoms with van der Waals surface area (Å²) in [6.45, 7) is 5.49. The number of carbonyl (C=O) groups excluding carboxylic acids is 1. The smallest absolute Gasteiger partial charge is 0.310 e. The maximum atomic E-state index is 13.6. The minimum absolute atomic E-state index is 0.0424. The molecule has 9 atom stereocenters. The number of carbonyl (C=O) groups is 1. The molecule has 0 amide bonds. The third kappa shape index (κ3) is 5.04. The Hall–Kier alpha value is -3.33. The van der Waals surface area contributed by atoms with Crippen LogP contribution in [-0.2, 0) is 33.2 Å². The molecule has 0 saturated carbocycles. The number of aromatic hydroxyl groups is 1. The van der Waals surface area contributed by atoms with Gasteiger partial charge in [-0.15, -0.1) is 0 Å². The van der Waals surface area contributed by atoms with E-state index in [1.165, 1.54) is 14.2 Å². The number of methoxy groups -OCH3 is 2. The van der Waals surface area contributed by atoms with Crippen LogP contribution in [0.2, 0.25) is 0 Å². The number of morpholine rings is 1. The standard InChI is InChI=1S/C33H39NO12/c1-16-40-14-26-32(44-16)21(34-4-6-39-7-5-34)12-27(45-26)46-31-19-11-23-22(42-15-43-23)10-18(19)28(29-20(31)13-41-33(29)36)17-8-24(37-2)30(35)25(9-17)38-3/h8-11,16,20-21,26-29,31-32,35H,4-7,12-15H2,1-3H3/t16?,20-,21?,26?,27?,28+,29-,31+,32?/m0/s1. The van der Waals surface area contributed by atoms with Gasteiger partial charge in [0.25, 0.3) is 0 Å². The topological polar surface area (TPSA) is 133 Å². The lowest BCUT2D eigenvalue weighted by atomic mass is 9.66. The fourth-order valence-corrected chi connectivity index (χ4v) is 8.01. The van der Waals surface area contributed by atoms with E-state index < -0.39 is 24.2 Å². The summed E-state index contributed by atoms with van der Waals surface area (Å²) in [7, 11) is 2.95. The molecule has 8 rings (SSSR count). The Labute approximate surface area is 266 Å². The monoisotopic (exact) mass is 641 g/mol. The van der Waals surface area contributed by atoms with E-state index in [1.807, 2.05) is 19.1 Å². The molecule has 5 unspecified atom stereocenters. The quantitative estimate of drug-likeness (QED) is 0.464. The molecule has 2 aromatic carbocycles. The van der Waals surface area contributed by atoms with Crippen LogP contribution in [0.5, 0.6) is 28.7 Å². The number of phenolic OH excluding ortho intramolecular Hbond substituents is 1. The van der Waals surface area contributed by atoms with Crippen LogP contribution >= 0.6 is 0 Å². The Kier molecular flexibility index (Phi) is 7.86. The number of fused-ring (bicyclic) bond motifs is 4. The summed E-state index contributed by atoms with van der Waals surface area (Å²) in [5.74, 6) is -0.163. The van der Waals surface area contributed by atoms with Gasteiger partial charge < -0.3 is 52.5 Å². The van der Waals surface area contributed by atoms with Crippen molar-refractivity contribution in [3.63, 3.8) is 0 Å². The van der Waals surface area contributed by atoms with E-state index in [-0.39, 0.29) is 67.1 Å². The highest BCUT2D eigenvalue weighted by Gasteiger charge is 2.55. The largest absolute Gasteiger partial charge is 0.502 e. The van der Waals surface area contributed by atoms with Crippen LogP contribution in [0.3, 0.4) is 0 Å². The van der Waals surface area contributed by atoms with Crippen LogP contribution < -0.4 is 18.9 Å². The predicted molar refractivity (Wildman–Crippen MR) is 157 cm³/mol. The first kappa shape index (κ1) is 30.0. The van der Waals surface area contributed by atoms with Gasteiger partial charge in [-0.25, -0.2) is 0 Å². The van der Waals surface area contributed by atoms with E-state index >= 15 is 0 Å². The van der Waals surface area contributed by atoms with Crippen molar-refractivity contribution in [1.82, 2.24) is 4.90 Å². The van der Waals surface area contributed by atoms with Crippen molar-refractivity contribution in [2.45, 2.75) is 56.2 Å². The lowest BCUT2D eigenvalue weighted by Gasteiger charge is -2.50. The molecule has 1 N–H and O–H groups in total. The molecule has 2 aromatic rings. The molecule has 0 bridgehead atoms. The van der Waals surface area contributed by atoms with Crippen LogP contribution in [0.15, 0.2) is 24.3 Å². The molecule has 46 heavy (non-hydrogen) atoms. The summed E-state index contributed by atoms with van der Waals surface area (Å²) < 4.78 is 59.6. The van der Waals surface area contributed by atoms with E-state index in [4.69, 9.17) is 47.4 Å². The number of rotatable bonds is 6. The number of cyclic esters (lactones) is 1. The molecule has 0 radical (unpaired) electrons. The van der Waals surface area contributed by atoms with Crippen LogP contribution in [0.1, 0.15) is 42.1 Å². The third-order valence-electron chi connectivity index (χ3n) is 10.1. The molecular weight excluding hydrogens is 602 g/mol. The fraction of sp³-hybridized carbons (Fsp3) is 0.606. The van der Waals surface area contributed by atoms with E-state index in [1.54, 1.807) is 12.1 Å². The molecule has 4 saturated heterocycles. The molecule has 5 heterocycles. The first-order chi connectivity index (χ1) is 22.4. The first-order valence-corrected chi connectivity index (χ1v) is 15.9. The van der Waals surface area contributed by atoms with Crippen molar-refractivity contribution in [2.24, 2.45) is 11.8 Å². The molecule has 4 fully saturated rings. The van der Waals surface area contributed by atoms with Crippen molar-refractivity contribution in [3.05, 3.63) is 41.0 Å².